The molecule has 1 aliphatic heterocycles. The van der Waals surface area contributed by atoms with Crippen molar-refractivity contribution in [3.63, 3.8) is 0 Å². The number of hydrogen-bond acceptors (Lipinski definition) is 3. The number of nitrogens with zero attached hydrogens (tertiary/aromatic N) is 1. The standard InChI is InChI=1S/C14H17F3N2O2/c15-14(16,17)13(21)18-12-8-19(7-11(12)9-20)6-10-4-2-1-3-5-10/h1-5,11-12,20H,6-9H2,(H,18,21)/t11-,12+/m1/s1. The highest BCUT2D eigenvalue weighted by Gasteiger charge is 2.42. The molecule has 2 rings (SSSR count). The summed E-state index contributed by atoms with van der Waals surface area (Å²) in [7, 11) is 0. The lowest BCUT2D eigenvalue weighted by Crippen LogP contribution is -2.47. The lowest BCUT2D eigenvalue weighted by molar-refractivity contribution is -0.174. The summed E-state index contributed by atoms with van der Waals surface area (Å²) in [6.45, 7) is 1.07. The van der Waals surface area contributed by atoms with Crippen molar-refractivity contribution in [3.8, 4) is 0 Å². The Balaban J connectivity index is 1.96. The highest BCUT2D eigenvalue weighted by molar-refractivity contribution is 5.82. The quantitative estimate of drug-likeness (QED) is 0.877. The van der Waals surface area contributed by atoms with Crippen LogP contribution in [0.2, 0.25) is 0 Å². The highest BCUT2D eigenvalue weighted by atomic mass is 19.4. The molecule has 0 aromatic heterocycles. The van der Waals surface area contributed by atoms with E-state index in [4.69, 9.17) is 0 Å². The number of alkyl halides is 3. The molecule has 1 aromatic rings. The second-order valence-corrected chi connectivity index (χ2v) is 5.20. The fraction of sp³-hybridized carbons (Fsp3) is 0.500. The third-order valence-electron chi connectivity index (χ3n) is 3.57. The van der Waals surface area contributed by atoms with Crippen LogP contribution in [-0.4, -0.2) is 47.8 Å². The van der Waals surface area contributed by atoms with Gasteiger partial charge in [0.15, 0.2) is 0 Å². The van der Waals surface area contributed by atoms with E-state index < -0.39 is 18.1 Å². The van der Waals surface area contributed by atoms with Crippen molar-refractivity contribution in [1.82, 2.24) is 10.2 Å². The molecule has 7 heteroatoms. The van der Waals surface area contributed by atoms with Crippen LogP contribution in [0.25, 0.3) is 0 Å². The van der Waals surface area contributed by atoms with Gasteiger partial charge in [0.05, 0.1) is 0 Å². The minimum atomic E-state index is -4.90. The maximum absolute atomic E-state index is 12.3. The fourth-order valence-corrected chi connectivity index (χ4v) is 2.53. The first kappa shape index (κ1) is 15.8. The Morgan fingerprint density at radius 1 is 1.29 bits per heavy atom. The Morgan fingerprint density at radius 3 is 2.52 bits per heavy atom. The molecule has 0 aliphatic carbocycles. The third kappa shape index (κ3) is 4.18. The van der Waals surface area contributed by atoms with E-state index in [0.29, 0.717) is 19.6 Å². The lowest BCUT2D eigenvalue weighted by atomic mass is 10.1. The van der Waals surface area contributed by atoms with Gasteiger partial charge in [-0.3, -0.25) is 9.69 Å². The van der Waals surface area contributed by atoms with Gasteiger partial charge in [-0.2, -0.15) is 13.2 Å². The van der Waals surface area contributed by atoms with E-state index in [-0.39, 0.29) is 12.5 Å². The first-order valence-corrected chi connectivity index (χ1v) is 6.65. The molecule has 0 bridgehead atoms. The maximum atomic E-state index is 12.3. The Bertz CT molecular complexity index is 479. The van der Waals surface area contributed by atoms with Crippen LogP contribution in [0.1, 0.15) is 5.56 Å². The molecule has 0 spiro atoms. The van der Waals surface area contributed by atoms with Crippen molar-refractivity contribution < 1.29 is 23.1 Å². The van der Waals surface area contributed by atoms with Gasteiger partial charge in [0, 0.05) is 38.2 Å². The van der Waals surface area contributed by atoms with E-state index in [9.17, 15) is 23.1 Å². The van der Waals surface area contributed by atoms with Crippen molar-refractivity contribution >= 4 is 5.91 Å². The molecule has 4 nitrogen and oxygen atoms in total. The van der Waals surface area contributed by atoms with Crippen molar-refractivity contribution in [1.29, 1.82) is 0 Å². The van der Waals surface area contributed by atoms with E-state index in [1.54, 1.807) is 0 Å². The number of rotatable bonds is 4. The van der Waals surface area contributed by atoms with E-state index in [1.807, 2.05) is 40.5 Å². The molecular formula is C14H17F3N2O2. The topological polar surface area (TPSA) is 52.6 Å². The molecular weight excluding hydrogens is 285 g/mol. The number of amides is 1. The fourth-order valence-electron chi connectivity index (χ4n) is 2.53. The van der Waals surface area contributed by atoms with Crippen LogP contribution in [0.4, 0.5) is 13.2 Å². The molecule has 0 radical (unpaired) electrons. The average molecular weight is 302 g/mol. The van der Waals surface area contributed by atoms with Gasteiger partial charge in [-0.15, -0.1) is 0 Å². The van der Waals surface area contributed by atoms with Crippen LogP contribution in [0.5, 0.6) is 0 Å². The molecule has 1 amide bonds. The Labute approximate surface area is 120 Å². The van der Waals surface area contributed by atoms with Gasteiger partial charge in [-0.25, -0.2) is 0 Å². The summed E-state index contributed by atoms with van der Waals surface area (Å²) in [5, 5.41) is 11.2. The summed E-state index contributed by atoms with van der Waals surface area (Å²) < 4.78 is 36.9. The molecule has 0 unspecified atom stereocenters. The highest BCUT2D eigenvalue weighted by Crippen LogP contribution is 2.21. The number of likely N-dealkylation sites (tertiary alicyclic amines) is 1. The number of carbonyl (C=O) groups is 1. The van der Waals surface area contributed by atoms with Crippen LogP contribution in [0, 0.1) is 5.92 Å². The van der Waals surface area contributed by atoms with Gasteiger partial charge < -0.3 is 10.4 Å². The number of aliphatic hydroxyl groups excluding tert-OH is 1. The smallest absolute Gasteiger partial charge is 0.396 e. The number of benzene rings is 1. The van der Waals surface area contributed by atoms with Crippen LogP contribution in [0.15, 0.2) is 30.3 Å². The number of nitrogens with one attached hydrogen (secondary N) is 1. The van der Waals surface area contributed by atoms with E-state index in [2.05, 4.69) is 0 Å². The summed E-state index contributed by atoms with van der Waals surface area (Å²) in [6, 6.07) is 8.82. The van der Waals surface area contributed by atoms with E-state index >= 15 is 0 Å². The number of halogens is 3. The first-order valence-electron chi connectivity index (χ1n) is 6.65. The van der Waals surface area contributed by atoms with Gasteiger partial charge in [0.25, 0.3) is 0 Å². The van der Waals surface area contributed by atoms with Crippen molar-refractivity contribution in [3.05, 3.63) is 35.9 Å². The van der Waals surface area contributed by atoms with Gasteiger partial charge in [-0.05, 0) is 5.56 Å². The largest absolute Gasteiger partial charge is 0.471 e. The molecule has 116 valence electrons. The summed E-state index contributed by atoms with van der Waals surface area (Å²) >= 11 is 0. The zero-order valence-corrected chi connectivity index (χ0v) is 11.3. The van der Waals surface area contributed by atoms with Gasteiger partial charge in [0.2, 0.25) is 0 Å². The van der Waals surface area contributed by atoms with Gasteiger partial charge in [-0.1, -0.05) is 30.3 Å². The molecule has 0 saturated carbocycles. The SMILES string of the molecule is O=C(N[C@H]1CN(Cc2ccccc2)C[C@@H]1CO)C(F)(F)F. The van der Waals surface area contributed by atoms with Crippen molar-refractivity contribution in [2.45, 2.75) is 18.8 Å². The van der Waals surface area contributed by atoms with Crippen LogP contribution in [-0.2, 0) is 11.3 Å². The van der Waals surface area contributed by atoms with Gasteiger partial charge >= 0.3 is 12.1 Å². The minimum Gasteiger partial charge on any atom is -0.396 e. The van der Waals surface area contributed by atoms with Crippen LogP contribution < -0.4 is 5.32 Å². The van der Waals surface area contributed by atoms with Gasteiger partial charge in [0.1, 0.15) is 0 Å². The monoisotopic (exact) mass is 302 g/mol. The minimum absolute atomic E-state index is 0.256. The summed E-state index contributed by atoms with van der Waals surface area (Å²) in [5.74, 6) is -2.34. The van der Waals surface area contributed by atoms with Crippen molar-refractivity contribution in [2.24, 2.45) is 5.92 Å². The Morgan fingerprint density at radius 2 is 1.95 bits per heavy atom. The molecule has 1 fully saturated rings. The number of aliphatic hydroxyl groups is 1. The van der Waals surface area contributed by atoms with Crippen LogP contribution in [0.3, 0.4) is 0 Å². The second kappa shape index (κ2) is 6.44. The predicted molar refractivity (Wildman–Crippen MR) is 70.3 cm³/mol. The van der Waals surface area contributed by atoms with Crippen LogP contribution >= 0.6 is 0 Å². The molecule has 1 aromatic carbocycles. The predicted octanol–water partition coefficient (Wildman–Crippen LogP) is 1.16. The molecule has 1 aliphatic rings. The molecule has 2 atom stereocenters. The summed E-state index contributed by atoms with van der Waals surface area (Å²) in [6.07, 6.45) is -4.90. The first-order chi connectivity index (χ1) is 9.90. The Hall–Kier alpha value is -1.60. The Kier molecular flexibility index (Phi) is 4.84. The molecule has 21 heavy (non-hydrogen) atoms. The number of hydrogen-bond donors (Lipinski definition) is 2. The lowest BCUT2D eigenvalue weighted by Gasteiger charge is -2.19. The maximum Gasteiger partial charge on any atom is 0.471 e. The normalized spacial score (nSPS) is 23.2. The third-order valence-corrected chi connectivity index (χ3v) is 3.57. The van der Waals surface area contributed by atoms with E-state index in [0.717, 1.165) is 5.56 Å². The summed E-state index contributed by atoms with van der Waals surface area (Å²) in [4.78, 5) is 12.9. The molecule has 2 N–H and O–H groups in total. The second-order valence-electron chi connectivity index (χ2n) is 5.20. The average Bonchev–Trinajstić information content (AvgIpc) is 2.80. The van der Waals surface area contributed by atoms with Crippen molar-refractivity contribution in [2.75, 3.05) is 19.7 Å². The molecule has 1 saturated heterocycles. The zero-order chi connectivity index (χ0) is 15.5. The summed E-state index contributed by atoms with van der Waals surface area (Å²) in [5.41, 5.74) is 1.04. The van der Waals surface area contributed by atoms with E-state index in [1.165, 1.54) is 0 Å². The molecule has 1 heterocycles. The zero-order valence-electron chi connectivity index (χ0n) is 11.3. The number of carbonyl (C=O) groups excluding carboxylic acids is 1.